The van der Waals surface area contributed by atoms with Gasteiger partial charge >= 0.3 is 5.97 Å². The first-order valence-corrected chi connectivity index (χ1v) is 25.6. The number of carboxylic acid groups (broad SMARTS) is 1. The summed E-state index contributed by atoms with van der Waals surface area (Å²) in [6.07, 6.45) is 5.99. The fourth-order valence-corrected chi connectivity index (χ4v) is 11.5. The number of thiazole rings is 1. The topological polar surface area (TPSA) is 200 Å². The largest absolute Gasteiger partial charge is 0.489 e. The number of aromatic nitrogens is 5. The smallest absolute Gasteiger partial charge is 0.355 e. The second kappa shape index (κ2) is 20.1. The highest BCUT2D eigenvalue weighted by Crippen LogP contribution is 2.36. The molecular formula is C54H56N10O7S. The van der Waals surface area contributed by atoms with E-state index in [0.29, 0.717) is 72.4 Å². The third-order valence-electron chi connectivity index (χ3n) is 14.7. The number of ether oxygens (including phenoxy) is 2. The van der Waals surface area contributed by atoms with Crippen molar-refractivity contribution in [1.29, 1.82) is 0 Å². The molecule has 2 aromatic carbocycles. The van der Waals surface area contributed by atoms with E-state index in [4.69, 9.17) is 24.5 Å². The van der Waals surface area contributed by atoms with Crippen molar-refractivity contribution in [1.82, 2.24) is 34.9 Å². The molecule has 72 heavy (non-hydrogen) atoms. The first-order chi connectivity index (χ1) is 35.0. The van der Waals surface area contributed by atoms with Gasteiger partial charge < -0.3 is 34.8 Å². The van der Waals surface area contributed by atoms with E-state index in [1.165, 1.54) is 11.3 Å². The summed E-state index contributed by atoms with van der Waals surface area (Å²) in [4.78, 5) is 59.3. The number of nitrogens with one attached hydrogen (secondary N) is 2. The molecule has 0 bridgehead atoms. The van der Waals surface area contributed by atoms with Crippen LogP contribution in [0, 0.1) is 0 Å². The number of piperidine rings is 1. The fourth-order valence-electron chi connectivity index (χ4n) is 10.7. The molecule has 0 spiro atoms. The Morgan fingerprint density at radius 3 is 2.49 bits per heavy atom. The van der Waals surface area contributed by atoms with Crippen LogP contribution in [0.1, 0.15) is 94.6 Å². The summed E-state index contributed by atoms with van der Waals surface area (Å²) >= 11 is 1.43. The van der Waals surface area contributed by atoms with Gasteiger partial charge in [0.2, 0.25) is 5.91 Å². The number of aliphatic hydroxyl groups is 1. The van der Waals surface area contributed by atoms with Gasteiger partial charge in [-0.3, -0.25) is 24.5 Å². The predicted molar refractivity (Wildman–Crippen MR) is 274 cm³/mol. The van der Waals surface area contributed by atoms with Crippen LogP contribution in [0.5, 0.6) is 0 Å². The molecule has 2 aliphatic carbocycles. The summed E-state index contributed by atoms with van der Waals surface area (Å²) < 4.78 is 15.7. The molecule has 1 saturated carbocycles. The molecule has 4 N–H and O–H groups in total. The number of amides is 2. The molecule has 2 unspecified atom stereocenters. The first kappa shape index (κ1) is 47.2. The lowest BCUT2D eigenvalue weighted by atomic mass is 9.92. The zero-order valence-electron chi connectivity index (χ0n) is 40.3. The average Bonchev–Trinajstić information content (AvgIpc) is 3.96. The number of fused-ring (bicyclic) bond motifs is 3. The van der Waals surface area contributed by atoms with Gasteiger partial charge in [0.25, 0.3) is 5.91 Å². The number of aliphatic hydroxyl groups excluding tert-OH is 1. The number of aryl methyl sites for hydroxylation is 1. The van der Waals surface area contributed by atoms with Crippen LogP contribution in [0.3, 0.4) is 0 Å². The van der Waals surface area contributed by atoms with Crippen LogP contribution >= 0.6 is 11.3 Å². The van der Waals surface area contributed by atoms with Crippen molar-refractivity contribution in [2.75, 3.05) is 61.0 Å². The number of aromatic carboxylic acids is 1. The Hall–Kier alpha value is -7.17. The van der Waals surface area contributed by atoms with Gasteiger partial charge in [0.1, 0.15) is 23.6 Å². The van der Waals surface area contributed by atoms with Crippen LogP contribution in [0.25, 0.3) is 26.8 Å². The Kier molecular flexibility index (Phi) is 13.2. The lowest BCUT2D eigenvalue weighted by Crippen LogP contribution is -2.47. The summed E-state index contributed by atoms with van der Waals surface area (Å²) in [6, 6.07) is 21.2. The third kappa shape index (κ3) is 9.64. The molecule has 0 radical (unpaired) electrons. The molecule has 2 atom stereocenters. The van der Waals surface area contributed by atoms with Crippen LogP contribution in [0.4, 0.5) is 16.8 Å². The number of anilines is 3. The normalized spacial score (nSPS) is 21.5. The Bertz CT molecular complexity index is 3210. The zero-order valence-corrected chi connectivity index (χ0v) is 41.1. The molecule has 3 aliphatic heterocycles. The molecular weight excluding hydrogens is 933 g/mol. The molecule has 2 amide bonds. The van der Waals surface area contributed by atoms with Gasteiger partial charge in [-0.15, -0.1) is 0 Å². The summed E-state index contributed by atoms with van der Waals surface area (Å²) in [7, 11) is 1.87. The monoisotopic (exact) mass is 988 g/mol. The summed E-state index contributed by atoms with van der Waals surface area (Å²) in [5.74, 6) is 0.260. The molecule has 7 heterocycles. The van der Waals surface area contributed by atoms with E-state index in [1.807, 2.05) is 79.5 Å². The van der Waals surface area contributed by atoms with Gasteiger partial charge in [0.15, 0.2) is 16.5 Å². The van der Waals surface area contributed by atoms with Gasteiger partial charge in [-0.1, -0.05) is 47.1 Å². The second-order valence-corrected chi connectivity index (χ2v) is 20.2. The maximum absolute atomic E-state index is 13.7. The lowest BCUT2D eigenvalue weighted by Gasteiger charge is -2.36. The number of para-hydroxylation sites is 1. The SMILES string of the molecule is CC1=C(OC2CCC(OCCN3CCN(c4ccc5c(C6CCC(=O)NC6O)nn(C)c5n4)CC3)CC2)C=C=C=C1c1ccc(N2CCc3cccc(C(=O)Nc4nc5ccccc5s4)c3C2)nc1C(=O)O. The molecule has 3 fully saturated rings. The molecule has 18 heteroatoms. The third-order valence-corrected chi connectivity index (χ3v) is 15.6. The van der Waals surface area contributed by atoms with Crippen molar-refractivity contribution in [3.05, 3.63) is 129 Å². The maximum Gasteiger partial charge on any atom is 0.355 e. The van der Waals surface area contributed by atoms with Gasteiger partial charge in [-0.2, -0.15) is 5.10 Å². The summed E-state index contributed by atoms with van der Waals surface area (Å²) in [6.45, 7) is 7.93. The number of benzene rings is 2. The van der Waals surface area contributed by atoms with E-state index in [9.17, 15) is 24.6 Å². The van der Waals surface area contributed by atoms with Gasteiger partial charge in [0, 0.05) is 98.9 Å². The van der Waals surface area contributed by atoms with Crippen molar-refractivity contribution in [3.8, 4) is 0 Å². The number of rotatable bonds is 13. The van der Waals surface area contributed by atoms with Crippen molar-refractivity contribution < 1.29 is 34.1 Å². The van der Waals surface area contributed by atoms with E-state index in [1.54, 1.807) is 16.8 Å². The standard InChI is InChI=1S/C54H56N10O7S/c1-32-36(37-17-20-45(56-49(37)53(68)69)64-24-23-33-7-5-9-38(41(33)31-64)51(66)59-54-55-42-10-3-4-12-44(42)72-54)8-6-11-43(32)71-35-15-13-34(14-16-35)70-30-29-62-25-27-63(28-26-62)46-21-18-39-48(60-61(2)50(39)57-46)40-19-22-47(65)58-52(40)67/h3-5,7,9-12,17-18,20-21,34-35,40,52,67H,13-16,19,22-31H2,1-2H3,(H,58,65)(H,68,69)(H,55,59,66). The van der Waals surface area contributed by atoms with Crippen LogP contribution in [0.2, 0.25) is 0 Å². The minimum absolute atomic E-state index is 0.0119. The van der Waals surface area contributed by atoms with Crippen LogP contribution in [-0.2, 0) is 34.3 Å². The number of allylic oxidation sites excluding steroid dienone is 3. The van der Waals surface area contributed by atoms with E-state index in [2.05, 4.69) is 36.9 Å². The lowest BCUT2D eigenvalue weighted by molar-refractivity contribution is -0.127. The summed E-state index contributed by atoms with van der Waals surface area (Å²) in [5, 5.41) is 32.8. The Morgan fingerprint density at radius 1 is 0.889 bits per heavy atom. The first-order valence-electron chi connectivity index (χ1n) is 24.8. The van der Waals surface area contributed by atoms with Gasteiger partial charge in [-0.05, 0) is 99.0 Å². The van der Waals surface area contributed by atoms with E-state index >= 15 is 0 Å². The quantitative estimate of drug-likeness (QED) is 0.0867. The number of carboxylic acids is 1. The van der Waals surface area contributed by atoms with Gasteiger partial charge in [0.05, 0.1) is 34.7 Å². The number of pyridine rings is 2. The van der Waals surface area contributed by atoms with Gasteiger partial charge in [-0.25, -0.2) is 19.7 Å². The Labute approximate surface area is 420 Å². The van der Waals surface area contributed by atoms with Crippen molar-refractivity contribution in [3.63, 3.8) is 0 Å². The molecule has 370 valence electrons. The van der Waals surface area contributed by atoms with Crippen LogP contribution in [0.15, 0.2) is 95.6 Å². The molecule has 6 aromatic rings. The highest BCUT2D eigenvalue weighted by atomic mass is 32.1. The van der Waals surface area contributed by atoms with Crippen molar-refractivity contribution >= 4 is 72.7 Å². The Morgan fingerprint density at radius 2 is 1.68 bits per heavy atom. The summed E-state index contributed by atoms with van der Waals surface area (Å²) in [5.41, 5.74) is 12.8. The average molecular weight is 989 g/mol. The minimum atomic E-state index is -1.15. The van der Waals surface area contributed by atoms with Crippen molar-refractivity contribution in [2.24, 2.45) is 7.05 Å². The highest BCUT2D eigenvalue weighted by molar-refractivity contribution is 7.22. The minimum Gasteiger partial charge on any atom is -0.489 e. The van der Waals surface area contributed by atoms with E-state index in [-0.39, 0.29) is 35.6 Å². The second-order valence-electron chi connectivity index (χ2n) is 19.1. The maximum atomic E-state index is 13.7. The molecule has 17 nitrogen and oxygen atoms in total. The number of nitrogens with zero attached hydrogens (tertiary/aromatic N) is 8. The predicted octanol–water partition coefficient (Wildman–Crippen LogP) is 6.95. The van der Waals surface area contributed by atoms with E-state index in [0.717, 1.165) is 108 Å². The van der Waals surface area contributed by atoms with Crippen LogP contribution < -0.4 is 20.4 Å². The van der Waals surface area contributed by atoms with E-state index < -0.39 is 12.2 Å². The number of carbonyl (C=O) groups excluding carboxylic acids is 2. The Balaban J connectivity index is 0.659. The number of hydrogen-bond acceptors (Lipinski definition) is 14. The molecule has 11 rings (SSSR count). The fraction of sp³-hybridized carbons (Fsp3) is 0.389. The van der Waals surface area contributed by atoms with Crippen molar-refractivity contribution in [2.45, 2.75) is 82.8 Å². The molecule has 5 aliphatic rings. The molecule has 4 aromatic heterocycles. The highest BCUT2D eigenvalue weighted by Gasteiger charge is 2.33. The number of hydrogen-bond donors (Lipinski definition) is 4. The number of carbonyl (C=O) groups is 3. The molecule has 2 saturated heterocycles. The number of piperazine rings is 1. The zero-order chi connectivity index (χ0) is 49.5. The van der Waals surface area contributed by atoms with Crippen LogP contribution in [-0.4, -0.2) is 122 Å².